The van der Waals surface area contributed by atoms with Gasteiger partial charge in [0, 0.05) is 18.4 Å². The molecular formula is C16H16N2OS. The summed E-state index contributed by atoms with van der Waals surface area (Å²) >= 11 is 1.49. The maximum absolute atomic E-state index is 12.4. The fourth-order valence-electron chi connectivity index (χ4n) is 2.44. The van der Waals surface area contributed by atoms with E-state index in [4.69, 9.17) is 0 Å². The second-order valence-corrected chi connectivity index (χ2v) is 5.73. The standard InChI is InChI=1S/C16H16N2OS/c19-16(12-20-15-9-3-4-10-17-15)18-11-5-7-13-6-1-2-8-14(13)18/h1-4,6,8-10H,5,7,11-12H2. The van der Waals surface area contributed by atoms with Crippen molar-refractivity contribution in [1.82, 2.24) is 4.98 Å². The number of thioether (sulfide) groups is 1. The number of hydrogen-bond donors (Lipinski definition) is 0. The second-order valence-electron chi connectivity index (χ2n) is 4.73. The minimum Gasteiger partial charge on any atom is -0.311 e. The molecule has 1 amide bonds. The van der Waals surface area contributed by atoms with Crippen LogP contribution < -0.4 is 4.90 Å². The number of carbonyl (C=O) groups excluding carboxylic acids is 1. The molecule has 0 atom stereocenters. The molecule has 0 N–H and O–H groups in total. The Morgan fingerprint density at radius 1 is 1.20 bits per heavy atom. The molecule has 4 heteroatoms. The van der Waals surface area contributed by atoms with Gasteiger partial charge >= 0.3 is 0 Å². The van der Waals surface area contributed by atoms with E-state index in [0.717, 1.165) is 30.1 Å². The van der Waals surface area contributed by atoms with Gasteiger partial charge in [0.25, 0.3) is 0 Å². The first-order chi connectivity index (χ1) is 9.84. The van der Waals surface area contributed by atoms with E-state index in [-0.39, 0.29) is 5.91 Å². The number of rotatable bonds is 3. The van der Waals surface area contributed by atoms with Crippen LogP contribution in [0.3, 0.4) is 0 Å². The number of amides is 1. The van der Waals surface area contributed by atoms with E-state index in [0.29, 0.717) is 5.75 Å². The summed E-state index contributed by atoms with van der Waals surface area (Å²) in [6.45, 7) is 0.818. The van der Waals surface area contributed by atoms with Crippen LogP contribution in [0.15, 0.2) is 53.7 Å². The molecule has 0 spiro atoms. The molecule has 0 unspecified atom stereocenters. The Hall–Kier alpha value is -1.81. The highest BCUT2D eigenvalue weighted by Crippen LogP contribution is 2.27. The van der Waals surface area contributed by atoms with Gasteiger partial charge in [-0.1, -0.05) is 36.0 Å². The van der Waals surface area contributed by atoms with Crippen molar-refractivity contribution in [3.05, 3.63) is 54.2 Å². The molecule has 3 nitrogen and oxygen atoms in total. The minimum absolute atomic E-state index is 0.160. The molecule has 0 saturated heterocycles. The van der Waals surface area contributed by atoms with E-state index >= 15 is 0 Å². The quantitative estimate of drug-likeness (QED) is 0.812. The van der Waals surface area contributed by atoms with Crippen LogP contribution in [-0.2, 0) is 11.2 Å². The average molecular weight is 284 g/mol. The van der Waals surface area contributed by atoms with E-state index in [1.165, 1.54) is 17.3 Å². The van der Waals surface area contributed by atoms with Crippen molar-refractivity contribution >= 4 is 23.4 Å². The molecule has 1 aromatic carbocycles. The maximum Gasteiger partial charge on any atom is 0.237 e. The number of nitrogens with zero attached hydrogens (tertiary/aromatic N) is 2. The minimum atomic E-state index is 0.160. The predicted octanol–water partition coefficient (Wildman–Crippen LogP) is 3.15. The molecule has 0 aliphatic carbocycles. The molecule has 0 bridgehead atoms. The summed E-state index contributed by atoms with van der Waals surface area (Å²) in [6, 6.07) is 13.9. The zero-order valence-corrected chi connectivity index (χ0v) is 12.0. The fourth-order valence-corrected chi connectivity index (χ4v) is 3.18. The number of carbonyl (C=O) groups is 1. The molecule has 20 heavy (non-hydrogen) atoms. The Labute approximate surface area is 123 Å². The molecule has 1 aliphatic rings. The van der Waals surface area contributed by atoms with Crippen molar-refractivity contribution in [2.75, 3.05) is 17.2 Å². The topological polar surface area (TPSA) is 33.2 Å². The monoisotopic (exact) mass is 284 g/mol. The lowest BCUT2D eigenvalue weighted by Crippen LogP contribution is -2.36. The van der Waals surface area contributed by atoms with E-state index in [1.807, 2.05) is 41.3 Å². The summed E-state index contributed by atoms with van der Waals surface area (Å²) < 4.78 is 0. The number of fused-ring (bicyclic) bond motifs is 1. The third kappa shape index (κ3) is 2.85. The number of aromatic nitrogens is 1. The van der Waals surface area contributed by atoms with Gasteiger partial charge in [0.2, 0.25) is 5.91 Å². The van der Waals surface area contributed by atoms with Crippen LogP contribution in [0.5, 0.6) is 0 Å². The highest BCUT2D eigenvalue weighted by Gasteiger charge is 2.21. The van der Waals surface area contributed by atoms with Crippen LogP contribution in [0.2, 0.25) is 0 Å². The van der Waals surface area contributed by atoms with Gasteiger partial charge in [-0.05, 0) is 36.6 Å². The van der Waals surface area contributed by atoms with Gasteiger partial charge in [0.1, 0.15) is 0 Å². The molecule has 0 saturated carbocycles. The molecule has 1 aromatic heterocycles. The Morgan fingerprint density at radius 3 is 2.90 bits per heavy atom. The lowest BCUT2D eigenvalue weighted by Gasteiger charge is -2.29. The van der Waals surface area contributed by atoms with Gasteiger partial charge in [0.05, 0.1) is 10.8 Å². The zero-order valence-electron chi connectivity index (χ0n) is 11.2. The number of anilines is 1. The summed E-state index contributed by atoms with van der Waals surface area (Å²) in [5.41, 5.74) is 2.35. The summed E-state index contributed by atoms with van der Waals surface area (Å²) in [6.07, 6.45) is 3.85. The van der Waals surface area contributed by atoms with Gasteiger partial charge in [-0.3, -0.25) is 4.79 Å². The molecule has 2 aromatic rings. The van der Waals surface area contributed by atoms with Crippen LogP contribution >= 0.6 is 11.8 Å². The molecule has 3 rings (SSSR count). The number of hydrogen-bond acceptors (Lipinski definition) is 3. The molecule has 2 heterocycles. The smallest absolute Gasteiger partial charge is 0.237 e. The molecule has 1 aliphatic heterocycles. The number of benzene rings is 1. The van der Waals surface area contributed by atoms with Gasteiger partial charge in [-0.15, -0.1) is 0 Å². The van der Waals surface area contributed by atoms with Crippen molar-refractivity contribution in [1.29, 1.82) is 0 Å². The SMILES string of the molecule is O=C(CSc1ccccn1)N1CCCc2ccccc21. The number of aryl methyl sites for hydroxylation is 1. The molecule has 0 fully saturated rings. The molecule has 0 radical (unpaired) electrons. The zero-order chi connectivity index (χ0) is 13.8. The Bertz CT molecular complexity index is 600. The fraction of sp³-hybridized carbons (Fsp3) is 0.250. The average Bonchev–Trinajstić information content (AvgIpc) is 2.53. The first-order valence-corrected chi connectivity index (χ1v) is 7.75. The lowest BCUT2D eigenvalue weighted by molar-refractivity contribution is -0.116. The van der Waals surface area contributed by atoms with Gasteiger partial charge in [-0.2, -0.15) is 0 Å². The van der Waals surface area contributed by atoms with Crippen molar-refractivity contribution in [3.8, 4) is 0 Å². The van der Waals surface area contributed by atoms with Crippen LogP contribution in [-0.4, -0.2) is 23.2 Å². The van der Waals surface area contributed by atoms with E-state index < -0.39 is 0 Å². The van der Waals surface area contributed by atoms with Crippen molar-refractivity contribution in [2.24, 2.45) is 0 Å². The lowest BCUT2D eigenvalue weighted by atomic mass is 10.0. The van der Waals surface area contributed by atoms with Crippen LogP contribution in [0.25, 0.3) is 0 Å². The number of pyridine rings is 1. The summed E-state index contributed by atoms with van der Waals surface area (Å²) in [4.78, 5) is 18.6. The first-order valence-electron chi connectivity index (χ1n) is 6.77. The van der Waals surface area contributed by atoms with Gasteiger partial charge in [-0.25, -0.2) is 4.98 Å². The highest BCUT2D eigenvalue weighted by molar-refractivity contribution is 7.99. The van der Waals surface area contributed by atoms with Crippen molar-refractivity contribution in [2.45, 2.75) is 17.9 Å². The van der Waals surface area contributed by atoms with Gasteiger partial charge < -0.3 is 4.90 Å². The summed E-state index contributed by atoms with van der Waals surface area (Å²) in [5.74, 6) is 0.596. The van der Waals surface area contributed by atoms with Crippen LogP contribution in [0, 0.1) is 0 Å². The third-order valence-corrected chi connectivity index (χ3v) is 4.32. The largest absolute Gasteiger partial charge is 0.311 e. The van der Waals surface area contributed by atoms with Gasteiger partial charge in [0.15, 0.2) is 0 Å². The van der Waals surface area contributed by atoms with E-state index in [2.05, 4.69) is 11.1 Å². The second kappa shape index (κ2) is 6.09. The third-order valence-electron chi connectivity index (χ3n) is 3.39. The Morgan fingerprint density at radius 2 is 2.05 bits per heavy atom. The first kappa shape index (κ1) is 13.2. The summed E-state index contributed by atoms with van der Waals surface area (Å²) in [5, 5.41) is 0.895. The van der Waals surface area contributed by atoms with E-state index in [1.54, 1.807) is 6.20 Å². The molecule has 102 valence electrons. The maximum atomic E-state index is 12.4. The van der Waals surface area contributed by atoms with Crippen LogP contribution in [0.4, 0.5) is 5.69 Å². The van der Waals surface area contributed by atoms with E-state index in [9.17, 15) is 4.79 Å². The van der Waals surface area contributed by atoms with Crippen LogP contribution in [0.1, 0.15) is 12.0 Å². The highest BCUT2D eigenvalue weighted by atomic mass is 32.2. The number of para-hydroxylation sites is 1. The normalized spacial score (nSPS) is 13.9. The molecular weight excluding hydrogens is 268 g/mol. The van der Waals surface area contributed by atoms with Crippen molar-refractivity contribution < 1.29 is 4.79 Å². The van der Waals surface area contributed by atoms with Crippen molar-refractivity contribution in [3.63, 3.8) is 0 Å². The Kier molecular flexibility index (Phi) is 4.02. The predicted molar refractivity (Wildman–Crippen MR) is 82.1 cm³/mol. The Balaban J connectivity index is 1.69. The summed E-state index contributed by atoms with van der Waals surface area (Å²) in [7, 11) is 0.